The molecule has 0 fully saturated rings. The minimum Gasteiger partial charge on any atom is -0.342 e. The topological polar surface area (TPSA) is 88.9 Å². The Labute approximate surface area is 216 Å². The molecular weight excluding hydrogens is 538 g/mol. The van der Waals surface area contributed by atoms with Crippen LogP contribution in [0.2, 0.25) is 5.02 Å². The second-order valence-electron chi connectivity index (χ2n) is 7.77. The summed E-state index contributed by atoms with van der Waals surface area (Å²) in [7, 11) is 0. The van der Waals surface area contributed by atoms with Crippen molar-refractivity contribution in [2.75, 3.05) is 11.1 Å². The van der Waals surface area contributed by atoms with Gasteiger partial charge in [-0.2, -0.15) is 0 Å². The lowest BCUT2D eigenvalue weighted by Crippen LogP contribution is -2.33. The van der Waals surface area contributed by atoms with Gasteiger partial charge in [0.15, 0.2) is 11.0 Å². The highest BCUT2D eigenvalue weighted by atomic mass is 79.9. The van der Waals surface area contributed by atoms with E-state index in [1.807, 2.05) is 36.6 Å². The lowest BCUT2D eigenvalue weighted by molar-refractivity contribution is -0.113. The zero-order valence-corrected chi connectivity index (χ0v) is 22.0. The van der Waals surface area contributed by atoms with Crippen molar-refractivity contribution in [2.45, 2.75) is 31.6 Å². The van der Waals surface area contributed by atoms with Crippen molar-refractivity contribution in [3.05, 3.63) is 82.1 Å². The van der Waals surface area contributed by atoms with Crippen LogP contribution >= 0.6 is 39.3 Å². The predicted octanol–water partition coefficient (Wildman–Crippen LogP) is 5.74. The van der Waals surface area contributed by atoms with Gasteiger partial charge in [0.05, 0.1) is 16.8 Å². The first-order valence-electron chi connectivity index (χ1n) is 10.6. The van der Waals surface area contributed by atoms with E-state index in [1.54, 1.807) is 36.4 Å². The molecule has 1 atom stereocenters. The smallest absolute Gasteiger partial charge is 0.251 e. The third-order valence-electron chi connectivity index (χ3n) is 4.86. The number of carbonyl (C=O) groups is 2. The Morgan fingerprint density at radius 1 is 1.21 bits per heavy atom. The van der Waals surface area contributed by atoms with Crippen LogP contribution < -0.4 is 10.6 Å². The molecule has 0 bridgehead atoms. The molecule has 0 saturated carbocycles. The fourth-order valence-electron chi connectivity index (χ4n) is 3.18. The summed E-state index contributed by atoms with van der Waals surface area (Å²) in [6.07, 6.45) is 1.73. The van der Waals surface area contributed by atoms with E-state index in [9.17, 15) is 9.59 Å². The van der Waals surface area contributed by atoms with E-state index >= 15 is 0 Å². The molecule has 178 valence electrons. The summed E-state index contributed by atoms with van der Waals surface area (Å²) in [6.45, 7) is 8.28. The van der Waals surface area contributed by atoms with Gasteiger partial charge in [0.25, 0.3) is 5.91 Å². The Morgan fingerprint density at radius 2 is 1.94 bits per heavy atom. The zero-order chi connectivity index (χ0) is 24.7. The van der Waals surface area contributed by atoms with Gasteiger partial charge in [-0.25, -0.2) is 0 Å². The minimum absolute atomic E-state index is 0.0590. The number of allylic oxidation sites excluding steroid dienone is 1. The molecule has 34 heavy (non-hydrogen) atoms. The Hall–Kier alpha value is -2.62. The molecular formula is C24H25BrClN5O2S. The summed E-state index contributed by atoms with van der Waals surface area (Å²) in [6, 6.07) is 13.9. The lowest BCUT2D eigenvalue weighted by Gasteiger charge is -2.22. The standard InChI is InChI=1S/C24H25BrClN5O2S/c1-4-12-31-22(21(15(2)3)28-23(33)16-8-6-5-7-9-16)29-30-24(31)34-14-20(32)27-17-10-11-18(25)19(26)13-17/h4-11,13,15,21H,1,12,14H2,2-3H3,(H,27,32)(H,28,33)/t21-/m1/s1. The number of carbonyl (C=O) groups excluding carboxylic acids is 2. The summed E-state index contributed by atoms with van der Waals surface area (Å²) in [5.41, 5.74) is 1.18. The van der Waals surface area contributed by atoms with Gasteiger partial charge in [-0.15, -0.1) is 16.8 Å². The molecule has 0 aliphatic rings. The molecule has 0 radical (unpaired) electrons. The highest BCUT2D eigenvalue weighted by Gasteiger charge is 2.26. The zero-order valence-electron chi connectivity index (χ0n) is 18.8. The van der Waals surface area contributed by atoms with Gasteiger partial charge in [-0.1, -0.05) is 61.5 Å². The van der Waals surface area contributed by atoms with Crippen molar-refractivity contribution < 1.29 is 9.59 Å². The number of thioether (sulfide) groups is 1. The number of amides is 2. The first-order valence-corrected chi connectivity index (χ1v) is 12.7. The van der Waals surface area contributed by atoms with Crippen LogP contribution in [0.4, 0.5) is 5.69 Å². The summed E-state index contributed by atoms with van der Waals surface area (Å²) in [5.74, 6) is 0.418. The quantitative estimate of drug-likeness (QED) is 0.243. The number of nitrogens with one attached hydrogen (secondary N) is 2. The molecule has 1 aromatic heterocycles. The van der Waals surface area contributed by atoms with Crippen LogP contribution in [-0.4, -0.2) is 32.3 Å². The normalized spacial score (nSPS) is 11.8. The maximum Gasteiger partial charge on any atom is 0.251 e. The van der Waals surface area contributed by atoms with Gasteiger partial charge < -0.3 is 15.2 Å². The van der Waals surface area contributed by atoms with Gasteiger partial charge in [0.1, 0.15) is 0 Å². The Morgan fingerprint density at radius 3 is 2.59 bits per heavy atom. The molecule has 10 heteroatoms. The molecule has 0 saturated heterocycles. The molecule has 0 unspecified atom stereocenters. The summed E-state index contributed by atoms with van der Waals surface area (Å²) in [4.78, 5) is 25.3. The molecule has 1 heterocycles. The van der Waals surface area contributed by atoms with Crippen LogP contribution in [0.3, 0.4) is 0 Å². The van der Waals surface area contributed by atoms with Crippen LogP contribution in [0.25, 0.3) is 0 Å². The lowest BCUT2D eigenvalue weighted by atomic mass is 10.0. The van der Waals surface area contributed by atoms with Crippen LogP contribution in [0.1, 0.15) is 36.1 Å². The highest BCUT2D eigenvalue weighted by Crippen LogP contribution is 2.27. The van der Waals surface area contributed by atoms with E-state index in [0.717, 1.165) is 4.47 Å². The highest BCUT2D eigenvalue weighted by molar-refractivity contribution is 9.10. The third-order valence-corrected chi connectivity index (χ3v) is 7.06. The second kappa shape index (κ2) is 12.2. The first-order chi connectivity index (χ1) is 16.3. The van der Waals surface area contributed by atoms with Crippen molar-refractivity contribution in [1.29, 1.82) is 0 Å². The minimum atomic E-state index is -0.367. The van der Waals surface area contributed by atoms with E-state index in [2.05, 4.69) is 43.3 Å². The first kappa shape index (κ1) is 26.0. The Bertz CT molecular complexity index is 1170. The summed E-state index contributed by atoms with van der Waals surface area (Å²) >= 11 is 10.7. The average molecular weight is 563 g/mol. The SMILES string of the molecule is C=CCn1c(SCC(=O)Nc2ccc(Br)c(Cl)c2)nnc1[C@H](NC(=O)c1ccccc1)C(C)C. The molecule has 0 spiro atoms. The van der Waals surface area contributed by atoms with Crippen molar-refractivity contribution in [3.8, 4) is 0 Å². The van der Waals surface area contributed by atoms with Gasteiger partial charge in [-0.05, 0) is 52.2 Å². The fraction of sp³-hybridized carbons (Fsp3) is 0.250. The van der Waals surface area contributed by atoms with Crippen molar-refractivity contribution >= 4 is 56.8 Å². The van der Waals surface area contributed by atoms with Crippen molar-refractivity contribution in [1.82, 2.24) is 20.1 Å². The number of nitrogens with zero attached hydrogens (tertiary/aromatic N) is 3. The van der Waals surface area contributed by atoms with Gasteiger partial charge in [-0.3, -0.25) is 9.59 Å². The maximum atomic E-state index is 12.8. The number of halogens is 2. The maximum absolute atomic E-state index is 12.8. The Balaban J connectivity index is 1.74. The summed E-state index contributed by atoms with van der Waals surface area (Å²) < 4.78 is 2.63. The van der Waals surface area contributed by atoms with Crippen LogP contribution in [-0.2, 0) is 11.3 Å². The van der Waals surface area contributed by atoms with E-state index in [0.29, 0.717) is 33.8 Å². The molecule has 3 rings (SSSR count). The predicted molar refractivity (Wildman–Crippen MR) is 140 cm³/mol. The second-order valence-corrected chi connectivity index (χ2v) is 9.97. The van der Waals surface area contributed by atoms with Crippen LogP contribution in [0, 0.1) is 5.92 Å². The van der Waals surface area contributed by atoms with Crippen molar-refractivity contribution in [3.63, 3.8) is 0 Å². The van der Waals surface area contributed by atoms with Crippen LogP contribution in [0.5, 0.6) is 0 Å². The molecule has 2 N–H and O–H groups in total. The van der Waals surface area contributed by atoms with Crippen molar-refractivity contribution in [2.24, 2.45) is 5.92 Å². The molecule has 0 aliphatic carbocycles. The van der Waals surface area contributed by atoms with Gasteiger partial charge in [0, 0.05) is 22.3 Å². The number of hydrogen-bond acceptors (Lipinski definition) is 5. The molecule has 0 aliphatic heterocycles. The monoisotopic (exact) mass is 561 g/mol. The number of aromatic nitrogens is 3. The Kier molecular flexibility index (Phi) is 9.32. The average Bonchev–Trinajstić information content (AvgIpc) is 3.21. The molecule has 2 aromatic carbocycles. The number of anilines is 1. The van der Waals surface area contributed by atoms with Crippen LogP contribution in [0.15, 0.2) is 70.8 Å². The number of rotatable bonds is 10. The summed E-state index contributed by atoms with van der Waals surface area (Å²) in [5, 5.41) is 15.6. The van der Waals surface area contributed by atoms with E-state index in [1.165, 1.54) is 11.8 Å². The van der Waals surface area contributed by atoms with E-state index < -0.39 is 0 Å². The van der Waals surface area contributed by atoms with Gasteiger partial charge in [0.2, 0.25) is 5.91 Å². The number of benzene rings is 2. The third kappa shape index (κ3) is 6.71. The van der Waals surface area contributed by atoms with E-state index in [4.69, 9.17) is 11.6 Å². The van der Waals surface area contributed by atoms with Gasteiger partial charge >= 0.3 is 0 Å². The largest absolute Gasteiger partial charge is 0.342 e. The molecule has 2 amide bonds. The van der Waals surface area contributed by atoms with E-state index in [-0.39, 0.29) is 29.5 Å². The number of hydrogen-bond donors (Lipinski definition) is 2. The fourth-order valence-corrected chi connectivity index (χ4v) is 4.36. The molecule has 3 aromatic rings. The molecule has 7 nitrogen and oxygen atoms in total.